The third-order valence-corrected chi connectivity index (χ3v) is 2.60. The molecular weight excluding hydrogens is 238 g/mol. The molecule has 1 aromatic heterocycles. The van der Waals surface area contributed by atoms with Crippen molar-refractivity contribution in [1.29, 1.82) is 0 Å². The Hall–Kier alpha value is -1.82. The molecule has 0 radical (unpaired) electrons. The molecule has 0 aliphatic carbocycles. The van der Waals surface area contributed by atoms with Crippen LogP contribution < -0.4 is 9.47 Å². The average Bonchev–Trinajstić information content (AvgIpc) is 2.75. The first kappa shape index (κ1) is 11.7. The highest BCUT2D eigenvalue weighted by Crippen LogP contribution is 2.25. The van der Waals surface area contributed by atoms with Crippen molar-refractivity contribution >= 4 is 12.2 Å². The third kappa shape index (κ3) is 2.65. The summed E-state index contributed by atoms with van der Waals surface area (Å²) in [5, 5.41) is 5.67. The highest BCUT2D eigenvalue weighted by Gasteiger charge is 2.07. The number of H-pyrrole nitrogens is 2. The van der Waals surface area contributed by atoms with Gasteiger partial charge in [-0.1, -0.05) is 6.07 Å². The van der Waals surface area contributed by atoms with E-state index >= 15 is 0 Å². The van der Waals surface area contributed by atoms with Crippen LogP contribution in [0.15, 0.2) is 18.2 Å². The molecule has 1 heterocycles. The number of aromatic amines is 2. The molecule has 17 heavy (non-hydrogen) atoms. The molecule has 0 amide bonds. The minimum absolute atomic E-state index is 0.451. The van der Waals surface area contributed by atoms with Crippen molar-refractivity contribution in [3.63, 3.8) is 0 Å². The van der Waals surface area contributed by atoms with Crippen molar-refractivity contribution in [2.45, 2.75) is 6.42 Å². The molecule has 0 aliphatic heterocycles. The van der Waals surface area contributed by atoms with Crippen LogP contribution in [0.4, 0.5) is 0 Å². The Labute approximate surface area is 104 Å². The summed E-state index contributed by atoms with van der Waals surface area (Å²) in [7, 11) is 3.25. The van der Waals surface area contributed by atoms with Gasteiger partial charge in [-0.25, -0.2) is 4.98 Å². The molecule has 5 nitrogen and oxygen atoms in total. The van der Waals surface area contributed by atoms with Crippen molar-refractivity contribution in [2.24, 2.45) is 0 Å². The molecule has 1 aromatic carbocycles. The van der Waals surface area contributed by atoms with Crippen LogP contribution in [-0.4, -0.2) is 29.4 Å². The summed E-state index contributed by atoms with van der Waals surface area (Å²) >= 11 is 4.90. The number of nitrogens with one attached hydrogen (secondary N) is 2. The SMILES string of the molecule is COc1ccc(Cc2nc(=S)[nH][nH]2)c(OC)c1. The lowest BCUT2D eigenvalue weighted by Gasteiger charge is -2.08. The summed E-state index contributed by atoms with van der Waals surface area (Å²) in [6.45, 7) is 0. The summed E-state index contributed by atoms with van der Waals surface area (Å²) in [6, 6.07) is 5.68. The van der Waals surface area contributed by atoms with Gasteiger partial charge in [-0.3, -0.25) is 10.2 Å². The van der Waals surface area contributed by atoms with Gasteiger partial charge in [0.2, 0.25) is 4.77 Å². The van der Waals surface area contributed by atoms with Gasteiger partial charge in [-0.15, -0.1) is 0 Å². The molecule has 0 spiro atoms. The zero-order valence-corrected chi connectivity index (χ0v) is 10.4. The Bertz CT molecular complexity index is 562. The molecule has 2 rings (SSSR count). The summed E-state index contributed by atoms with van der Waals surface area (Å²) in [5.41, 5.74) is 1.02. The molecule has 0 atom stereocenters. The summed E-state index contributed by atoms with van der Waals surface area (Å²) in [5.74, 6) is 2.31. The molecule has 2 N–H and O–H groups in total. The maximum Gasteiger partial charge on any atom is 0.213 e. The maximum absolute atomic E-state index is 5.31. The van der Waals surface area contributed by atoms with Gasteiger partial charge in [0.1, 0.15) is 17.3 Å². The third-order valence-electron chi connectivity index (χ3n) is 2.40. The maximum atomic E-state index is 5.31. The van der Waals surface area contributed by atoms with Crippen molar-refractivity contribution in [1.82, 2.24) is 15.2 Å². The van der Waals surface area contributed by atoms with E-state index in [4.69, 9.17) is 21.7 Å². The van der Waals surface area contributed by atoms with Gasteiger partial charge in [0.25, 0.3) is 0 Å². The summed E-state index contributed by atoms with van der Waals surface area (Å²) in [4.78, 5) is 4.14. The van der Waals surface area contributed by atoms with Gasteiger partial charge in [-0.05, 0) is 18.3 Å². The zero-order valence-electron chi connectivity index (χ0n) is 9.61. The molecule has 2 aromatic rings. The quantitative estimate of drug-likeness (QED) is 0.817. The highest BCUT2D eigenvalue weighted by atomic mass is 32.1. The van der Waals surface area contributed by atoms with E-state index in [2.05, 4.69) is 15.2 Å². The smallest absolute Gasteiger partial charge is 0.213 e. The molecule has 0 fully saturated rings. The summed E-state index contributed by atoms with van der Waals surface area (Å²) < 4.78 is 10.9. The lowest BCUT2D eigenvalue weighted by molar-refractivity contribution is 0.391. The first-order chi connectivity index (χ1) is 8.22. The van der Waals surface area contributed by atoms with E-state index in [0.717, 1.165) is 22.9 Å². The van der Waals surface area contributed by atoms with Crippen molar-refractivity contribution in [2.75, 3.05) is 14.2 Å². The molecule has 90 valence electrons. The number of nitrogens with zero attached hydrogens (tertiary/aromatic N) is 1. The van der Waals surface area contributed by atoms with Crippen molar-refractivity contribution in [3.8, 4) is 11.5 Å². The molecule has 0 saturated carbocycles. The summed E-state index contributed by atoms with van der Waals surface area (Å²) in [6.07, 6.45) is 0.625. The lowest BCUT2D eigenvalue weighted by Crippen LogP contribution is -1.96. The molecule has 0 aliphatic rings. The first-order valence-electron chi connectivity index (χ1n) is 5.07. The number of aromatic nitrogens is 3. The van der Waals surface area contributed by atoms with Crippen molar-refractivity contribution < 1.29 is 9.47 Å². The van der Waals surface area contributed by atoms with Crippen LogP contribution in [0.3, 0.4) is 0 Å². The standard InChI is InChI=1S/C11H13N3O2S/c1-15-8-4-3-7(9(6-8)16-2)5-10-12-11(17)14-13-10/h3-4,6H,5H2,1-2H3,(H2,12,13,14,17). The van der Waals surface area contributed by atoms with E-state index in [1.807, 2.05) is 18.2 Å². The zero-order chi connectivity index (χ0) is 12.3. The van der Waals surface area contributed by atoms with Crippen LogP contribution >= 0.6 is 12.2 Å². The molecule has 0 unspecified atom stereocenters. The number of benzene rings is 1. The van der Waals surface area contributed by atoms with Crippen molar-refractivity contribution in [3.05, 3.63) is 34.4 Å². The van der Waals surface area contributed by atoms with E-state index in [0.29, 0.717) is 11.2 Å². The van der Waals surface area contributed by atoms with Crippen LogP contribution in [0.25, 0.3) is 0 Å². The van der Waals surface area contributed by atoms with E-state index in [1.165, 1.54) is 0 Å². The topological polar surface area (TPSA) is 62.9 Å². The predicted molar refractivity (Wildman–Crippen MR) is 66.1 cm³/mol. The predicted octanol–water partition coefficient (Wildman–Crippen LogP) is 2.08. The second kappa shape index (κ2) is 5.01. The Morgan fingerprint density at radius 1 is 1.24 bits per heavy atom. The van der Waals surface area contributed by atoms with Crippen LogP contribution in [0.5, 0.6) is 11.5 Å². The Morgan fingerprint density at radius 3 is 2.65 bits per heavy atom. The van der Waals surface area contributed by atoms with Crippen LogP contribution in [0, 0.1) is 4.77 Å². The van der Waals surface area contributed by atoms with Crippen LogP contribution in [-0.2, 0) is 6.42 Å². The molecule has 0 bridgehead atoms. The normalized spacial score (nSPS) is 10.2. The fourth-order valence-corrected chi connectivity index (χ4v) is 1.73. The van der Waals surface area contributed by atoms with Crippen LogP contribution in [0.1, 0.15) is 11.4 Å². The monoisotopic (exact) mass is 251 g/mol. The van der Waals surface area contributed by atoms with Gasteiger partial charge >= 0.3 is 0 Å². The Kier molecular flexibility index (Phi) is 3.43. The minimum atomic E-state index is 0.451. The number of methoxy groups -OCH3 is 2. The Morgan fingerprint density at radius 2 is 2.06 bits per heavy atom. The number of hydrogen-bond donors (Lipinski definition) is 2. The number of rotatable bonds is 4. The fraction of sp³-hybridized carbons (Fsp3) is 0.273. The Balaban J connectivity index is 2.29. The fourth-order valence-electron chi connectivity index (χ4n) is 1.57. The highest BCUT2D eigenvalue weighted by molar-refractivity contribution is 7.71. The molecule has 0 saturated heterocycles. The van der Waals surface area contributed by atoms with E-state index in [9.17, 15) is 0 Å². The van der Waals surface area contributed by atoms with Gasteiger partial charge in [-0.2, -0.15) is 0 Å². The lowest BCUT2D eigenvalue weighted by atomic mass is 10.1. The van der Waals surface area contributed by atoms with Gasteiger partial charge in [0.05, 0.1) is 14.2 Å². The average molecular weight is 251 g/mol. The van der Waals surface area contributed by atoms with E-state index < -0.39 is 0 Å². The largest absolute Gasteiger partial charge is 0.497 e. The minimum Gasteiger partial charge on any atom is -0.497 e. The van der Waals surface area contributed by atoms with Gasteiger partial charge in [0, 0.05) is 18.1 Å². The molecule has 6 heteroatoms. The van der Waals surface area contributed by atoms with E-state index in [-0.39, 0.29) is 0 Å². The second-order valence-electron chi connectivity index (χ2n) is 3.47. The number of hydrogen-bond acceptors (Lipinski definition) is 4. The van der Waals surface area contributed by atoms with E-state index in [1.54, 1.807) is 14.2 Å². The van der Waals surface area contributed by atoms with Crippen LogP contribution in [0.2, 0.25) is 0 Å². The number of ether oxygens (including phenoxy) is 2. The van der Waals surface area contributed by atoms with Gasteiger partial charge < -0.3 is 9.47 Å². The second-order valence-corrected chi connectivity index (χ2v) is 3.85. The van der Waals surface area contributed by atoms with Gasteiger partial charge in [0.15, 0.2) is 0 Å². The molecular formula is C11H13N3O2S. The first-order valence-corrected chi connectivity index (χ1v) is 5.48.